The van der Waals surface area contributed by atoms with Gasteiger partial charge in [-0.3, -0.25) is 4.79 Å². The van der Waals surface area contributed by atoms with Crippen LogP contribution in [-0.4, -0.2) is 22.9 Å². The van der Waals surface area contributed by atoms with Crippen LogP contribution in [0.15, 0.2) is 0 Å². The largest absolute Gasteiger partial charge is 0.336 e. The van der Waals surface area contributed by atoms with Gasteiger partial charge in [-0.25, -0.2) is 0 Å². The normalized spacial score (nSPS) is 38.0. The second kappa shape index (κ2) is 5.06. The van der Waals surface area contributed by atoms with E-state index in [-0.39, 0.29) is 17.4 Å². The molecule has 4 fully saturated rings. The van der Waals surface area contributed by atoms with Gasteiger partial charge < -0.3 is 4.90 Å². The number of nitriles is 1. The highest BCUT2D eigenvalue weighted by Gasteiger charge is 2.54. The zero-order valence-electron chi connectivity index (χ0n) is 12.8. The Labute approximate surface area is 122 Å². The van der Waals surface area contributed by atoms with E-state index in [1.165, 1.54) is 38.5 Å². The fourth-order valence-electron chi connectivity index (χ4n) is 5.45. The molecule has 3 heteroatoms. The van der Waals surface area contributed by atoms with E-state index < -0.39 is 0 Å². The molecule has 0 atom stereocenters. The van der Waals surface area contributed by atoms with Gasteiger partial charge in [-0.1, -0.05) is 13.8 Å². The molecule has 1 amide bonds. The number of carbonyl (C=O) groups excluding carboxylic acids is 1. The first kappa shape index (κ1) is 13.9. The first-order chi connectivity index (χ1) is 9.54. The summed E-state index contributed by atoms with van der Waals surface area (Å²) in [5, 5.41) is 8.93. The summed E-state index contributed by atoms with van der Waals surface area (Å²) in [4.78, 5) is 14.8. The highest BCUT2D eigenvalue weighted by molar-refractivity contribution is 5.79. The van der Waals surface area contributed by atoms with E-state index in [4.69, 9.17) is 5.26 Å². The zero-order valence-corrected chi connectivity index (χ0v) is 12.8. The van der Waals surface area contributed by atoms with E-state index in [0.29, 0.717) is 13.0 Å². The fourth-order valence-corrected chi connectivity index (χ4v) is 5.45. The summed E-state index contributed by atoms with van der Waals surface area (Å²) >= 11 is 0. The number of hydrogen-bond acceptors (Lipinski definition) is 2. The molecule has 0 radical (unpaired) electrons. The van der Waals surface area contributed by atoms with E-state index in [1.54, 1.807) is 0 Å². The summed E-state index contributed by atoms with van der Waals surface area (Å²) in [6, 6.07) is 2.23. The average Bonchev–Trinajstić information content (AvgIpc) is 2.36. The van der Waals surface area contributed by atoms with Crippen LogP contribution in [0.3, 0.4) is 0 Å². The van der Waals surface area contributed by atoms with Gasteiger partial charge in [-0.05, 0) is 56.3 Å². The van der Waals surface area contributed by atoms with Crippen LogP contribution in [0.25, 0.3) is 0 Å². The van der Waals surface area contributed by atoms with Crippen molar-refractivity contribution in [2.45, 2.75) is 64.3 Å². The average molecular weight is 274 g/mol. The highest BCUT2D eigenvalue weighted by atomic mass is 16.2. The number of hydrogen-bond donors (Lipinski definition) is 0. The molecule has 4 aliphatic rings. The molecule has 4 aliphatic carbocycles. The molecule has 20 heavy (non-hydrogen) atoms. The van der Waals surface area contributed by atoms with Crippen molar-refractivity contribution >= 4 is 5.91 Å². The number of amides is 1. The lowest BCUT2D eigenvalue weighted by atomic mass is 9.52. The first-order valence-electron chi connectivity index (χ1n) is 8.22. The van der Waals surface area contributed by atoms with Crippen LogP contribution in [0.4, 0.5) is 0 Å². The maximum Gasteiger partial charge on any atom is 0.225 e. The minimum absolute atomic E-state index is 0.0432. The summed E-state index contributed by atoms with van der Waals surface area (Å²) in [6.07, 6.45) is 8.23. The smallest absolute Gasteiger partial charge is 0.225 e. The van der Waals surface area contributed by atoms with E-state index in [9.17, 15) is 4.79 Å². The molecule has 0 aliphatic heterocycles. The molecule has 0 unspecified atom stereocenters. The first-order valence-corrected chi connectivity index (χ1v) is 8.22. The van der Waals surface area contributed by atoms with Crippen LogP contribution >= 0.6 is 0 Å². The Balaban J connectivity index is 1.86. The molecule has 0 spiro atoms. The van der Waals surface area contributed by atoms with Crippen molar-refractivity contribution in [3.63, 3.8) is 0 Å². The van der Waals surface area contributed by atoms with Gasteiger partial charge in [0.05, 0.1) is 12.5 Å². The predicted molar refractivity (Wildman–Crippen MR) is 77.7 cm³/mol. The number of nitrogens with zero attached hydrogens (tertiary/aromatic N) is 2. The summed E-state index contributed by atoms with van der Waals surface area (Å²) in [7, 11) is 0. The quantitative estimate of drug-likeness (QED) is 0.789. The Bertz CT molecular complexity index is 399. The lowest BCUT2D eigenvalue weighted by Gasteiger charge is -2.60. The maximum atomic E-state index is 12.7. The van der Waals surface area contributed by atoms with Gasteiger partial charge in [0.15, 0.2) is 0 Å². The third-order valence-corrected chi connectivity index (χ3v) is 5.79. The summed E-state index contributed by atoms with van der Waals surface area (Å²) in [5.41, 5.74) is 0.104. The Kier molecular flexibility index (Phi) is 3.52. The van der Waals surface area contributed by atoms with Gasteiger partial charge >= 0.3 is 0 Å². The van der Waals surface area contributed by atoms with Crippen molar-refractivity contribution in [3.8, 4) is 6.07 Å². The van der Waals surface area contributed by atoms with Crippen molar-refractivity contribution in [2.75, 3.05) is 6.54 Å². The predicted octanol–water partition coefficient (Wildman–Crippen LogP) is 3.35. The maximum absolute atomic E-state index is 12.7. The van der Waals surface area contributed by atoms with Crippen LogP contribution in [-0.2, 0) is 4.79 Å². The molecule has 0 aromatic heterocycles. The van der Waals surface area contributed by atoms with E-state index in [2.05, 4.69) is 11.0 Å². The van der Waals surface area contributed by atoms with Crippen LogP contribution in [0.1, 0.15) is 58.8 Å². The van der Waals surface area contributed by atoms with Crippen molar-refractivity contribution < 1.29 is 4.79 Å². The topological polar surface area (TPSA) is 44.1 Å². The molecule has 4 bridgehead atoms. The molecule has 3 nitrogen and oxygen atoms in total. The van der Waals surface area contributed by atoms with Crippen molar-refractivity contribution in [2.24, 2.45) is 23.7 Å². The Morgan fingerprint density at radius 2 is 1.70 bits per heavy atom. The zero-order chi connectivity index (χ0) is 14.3. The Hall–Kier alpha value is -1.04. The van der Waals surface area contributed by atoms with Gasteiger partial charge in [0.25, 0.3) is 0 Å². The van der Waals surface area contributed by atoms with Crippen molar-refractivity contribution in [1.29, 1.82) is 5.26 Å². The van der Waals surface area contributed by atoms with Crippen LogP contribution < -0.4 is 0 Å². The third kappa shape index (κ3) is 2.24. The number of carbonyl (C=O) groups is 1. The van der Waals surface area contributed by atoms with Crippen LogP contribution in [0, 0.1) is 35.0 Å². The fraction of sp³-hybridized carbons (Fsp3) is 0.882. The molecule has 110 valence electrons. The van der Waals surface area contributed by atoms with Crippen molar-refractivity contribution in [3.05, 3.63) is 0 Å². The van der Waals surface area contributed by atoms with Crippen LogP contribution in [0.5, 0.6) is 0 Å². The van der Waals surface area contributed by atoms with Gasteiger partial charge in [-0.2, -0.15) is 5.26 Å². The molecule has 0 heterocycles. The lowest BCUT2D eigenvalue weighted by Crippen LogP contribution is -2.62. The van der Waals surface area contributed by atoms with E-state index in [0.717, 1.165) is 17.8 Å². The Morgan fingerprint density at radius 3 is 2.10 bits per heavy atom. The lowest BCUT2D eigenvalue weighted by molar-refractivity contribution is -0.153. The highest BCUT2D eigenvalue weighted by Crippen LogP contribution is 2.58. The van der Waals surface area contributed by atoms with Gasteiger partial charge in [0.2, 0.25) is 5.91 Å². The second-order valence-corrected chi connectivity index (χ2v) is 7.69. The molecule has 0 aromatic carbocycles. The summed E-state index contributed by atoms with van der Waals surface area (Å²) in [5.74, 6) is 2.83. The molecule has 0 aromatic rings. The van der Waals surface area contributed by atoms with E-state index in [1.807, 2.05) is 13.8 Å². The summed E-state index contributed by atoms with van der Waals surface area (Å²) in [6.45, 7) is 4.62. The minimum Gasteiger partial charge on any atom is -0.336 e. The summed E-state index contributed by atoms with van der Waals surface area (Å²) < 4.78 is 0. The van der Waals surface area contributed by atoms with Gasteiger partial charge in [-0.15, -0.1) is 0 Å². The van der Waals surface area contributed by atoms with Crippen LogP contribution in [0.2, 0.25) is 0 Å². The van der Waals surface area contributed by atoms with Crippen molar-refractivity contribution in [1.82, 2.24) is 4.90 Å². The molecule has 0 saturated heterocycles. The Morgan fingerprint density at radius 1 is 1.20 bits per heavy atom. The molecule has 4 rings (SSSR count). The van der Waals surface area contributed by atoms with E-state index >= 15 is 0 Å². The standard InChI is InChI=1S/C17H26N2O/c1-12(2)16(20)19(5-3-4-18)17-9-13-6-14(10-17)8-15(7-13)11-17/h12-15H,3,5-11H2,1-2H3. The molecular weight excluding hydrogens is 248 g/mol. The monoisotopic (exact) mass is 274 g/mol. The third-order valence-electron chi connectivity index (χ3n) is 5.79. The van der Waals surface area contributed by atoms with Gasteiger partial charge in [0.1, 0.15) is 0 Å². The SMILES string of the molecule is CC(C)C(=O)N(CCC#N)C12CC3CC(CC(C3)C1)C2. The van der Waals surface area contributed by atoms with Gasteiger partial charge in [0, 0.05) is 18.0 Å². The molecule has 0 N–H and O–H groups in total. The molecular formula is C17H26N2O. The minimum atomic E-state index is 0.0432. The second-order valence-electron chi connectivity index (χ2n) is 7.69. The number of rotatable bonds is 4. The molecule has 4 saturated carbocycles.